The second kappa shape index (κ2) is 3.61. The van der Waals surface area contributed by atoms with Gasteiger partial charge in [-0.2, -0.15) is 12.6 Å². The molecule has 1 unspecified atom stereocenters. The van der Waals surface area contributed by atoms with Gasteiger partial charge in [-0.1, -0.05) is 0 Å². The maximum Gasteiger partial charge on any atom is 0.228 e. The monoisotopic (exact) mass is 208 g/mol. The maximum atomic E-state index is 11.6. The Morgan fingerprint density at radius 3 is 3.00 bits per heavy atom. The number of nitrogens with zero attached hydrogens (tertiary/aromatic N) is 2. The summed E-state index contributed by atoms with van der Waals surface area (Å²) in [4.78, 5) is 17.4. The molecule has 0 bridgehead atoms. The number of carbonyl (C=O) groups is 1. The van der Waals surface area contributed by atoms with Gasteiger partial charge in [0.2, 0.25) is 5.91 Å². The highest BCUT2D eigenvalue weighted by Gasteiger charge is 2.28. The van der Waals surface area contributed by atoms with Crippen LogP contribution in [0.5, 0.6) is 0 Å². The molecule has 3 nitrogen and oxygen atoms in total. The summed E-state index contributed by atoms with van der Waals surface area (Å²) in [6.45, 7) is 2.62. The molecule has 0 radical (unpaired) electrons. The number of aryl methyl sites for hydroxylation is 1. The number of hydrogen-bond acceptors (Lipinski definition) is 3. The van der Waals surface area contributed by atoms with E-state index in [0.29, 0.717) is 13.0 Å². The topological polar surface area (TPSA) is 33.2 Å². The zero-order valence-corrected chi connectivity index (χ0v) is 8.87. The molecular formula is C10H12N2OS. The van der Waals surface area contributed by atoms with Crippen LogP contribution in [-0.4, -0.2) is 22.7 Å². The van der Waals surface area contributed by atoms with Crippen molar-refractivity contribution in [1.29, 1.82) is 0 Å². The summed E-state index contributed by atoms with van der Waals surface area (Å²) in [6.07, 6.45) is 2.26. The second-order valence-corrected chi connectivity index (χ2v) is 4.25. The number of aromatic nitrogens is 1. The highest BCUT2D eigenvalue weighted by molar-refractivity contribution is 7.81. The van der Waals surface area contributed by atoms with E-state index in [2.05, 4.69) is 17.6 Å². The van der Waals surface area contributed by atoms with Crippen LogP contribution >= 0.6 is 12.6 Å². The van der Waals surface area contributed by atoms with Crippen molar-refractivity contribution in [2.24, 2.45) is 0 Å². The summed E-state index contributed by atoms with van der Waals surface area (Å²) in [5, 5.41) is 0.163. The first-order chi connectivity index (χ1) is 6.66. The summed E-state index contributed by atoms with van der Waals surface area (Å²) in [7, 11) is 0. The number of rotatable bonds is 1. The molecule has 1 aliphatic heterocycles. The Balaban J connectivity index is 2.27. The molecule has 14 heavy (non-hydrogen) atoms. The molecule has 0 N–H and O–H groups in total. The predicted octanol–water partition coefficient (Wildman–Crippen LogP) is 1.43. The molecule has 0 saturated carbocycles. The van der Waals surface area contributed by atoms with Gasteiger partial charge in [0.25, 0.3) is 0 Å². The Morgan fingerprint density at radius 1 is 1.64 bits per heavy atom. The summed E-state index contributed by atoms with van der Waals surface area (Å²) in [5.41, 5.74) is 1.86. The van der Waals surface area contributed by atoms with Crippen molar-refractivity contribution in [3.63, 3.8) is 0 Å². The van der Waals surface area contributed by atoms with Crippen LogP contribution in [0.3, 0.4) is 0 Å². The van der Waals surface area contributed by atoms with Crippen LogP contribution in [0.15, 0.2) is 18.3 Å². The maximum absolute atomic E-state index is 11.6. The average Bonchev–Trinajstić information content (AvgIpc) is 2.45. The molecule has 74 valence electrons. The molecule has 0 aromatic carbocycles. The van der Waals surface area contributed by atoms with E-state index in [9.17, 15) is 4.79 Å². The van der Waals surface area contributed by atoms with Crippen LogP contribution in [0.2, 0.25) is 0 Å². The van der Waals surface area contributed by atoms with E-state index >= 15 is 0 Å². The smallest absolute Gasteiger partial charge is 0.228 e. The molecule has 1 amide bonds. The van der Waals surface area contributed by atoms with Gasteiger partial charge in [0.05, 0.1) is 0 Å². The van der Waals surface area contributed by atoms with E-state index in [1.165, 1.54) is 0 Å². The Hall–Kier alpha value is -1.03. The molecule has 1 aromatic rings. The lowest BCUT2D eigenvalue weighted by Gasteiger charge is -2.15. The van der Waals surface area contributed by atoms with E-state index in [4.69, 9.17) is 0 Å². The fourth-order valence-electron chi connectivity index (χ4n) is 1.64. The van der Waals surface area contributed by atoms with Gasteiger partial charge in [-0.15, -0.1) is 0 Å². The van der Waals surface area contributed by atoms with Crippen molar-refractivity contribution in [1.82, 2.24) is 4.98 Å². The molecule has 4 heteroatoms. The first kappa shape index (κ1) is 9.52. The van der Waals surface area contributed by atoms with Crippen LogP contribution in [0.4, 0.5) is 5.69 Å². The molecule has 1 atom stereocenters. The summed E-state index contributed by atoms with van der Waals surface area (Å²) < 4.78 is 0. The quantitative estimate of drug-likeness (QED) is 0.708. The van der Waals surface area contributed by atoms with E-state index < -0.39 is 0 Å². The van der Waals surface area contributed by atoms with Gasteiger partial charge in [0.15, 0.2) is 0 Å². The lowest BCUT2D eigenvalue weighted by molar-refractivity contribution is -0.117. The van der Waals surface area contributed by atoms with Crippen molar-refractivity contribution in [3.8, 4) is 0 Å². The number of carbonyl (C=O) groups excluding carboxylic acids is 1. The summed E-state index contributed by atoms with van der Waals surface area (Å²) >= 11 is 4.31. The van der Waals surface area contributed by atoms with Gasteiger partial charge in [-0.3, -0.25) is 9.78 Å². The number of anilines is 1. The first-order valence-corrected chi connectivity index (χ1v) is 5.09. The third-order valence-corrected chi connectivity index (χ3v) is 2.64. The minimum Gasteiger partial charge on any atom is -0.311 e. The normalized spacial score (nSPS) is 21.7. The van der Waals surface area contributed by atoms with Crippen molar-refractivity contribution in [2.75, 3.05) is 11.4 Å². The van der Waals surface area contributed by atoms with Gasteiger partial charge in [0, 0.05) is 35.8 Å². The molecule has 1 aromatic heterocycles. The number of hydrogen-bond donors (Lipinski definition) is 1. The van der Waals surface area contributed by atoms with Gasteiger partial charge in [-0.25, -0.2) is 0 Å². The van der Waals surface area contributed by atoms with Crippen LogP contribution in [0.25, 0.3) is 0 Å². The van der Waals surface area contributed by atoms with Crippen LogP contribution in [0.1, 0.15) is 12.1 Å². The fraction of sp³-hybridized carbons (Fsp3) is 0.400. The standard InChI is InChI=1S/C10H12N2OS/c1-7-4-8(2-3-11-7)12-6-9(14)5-10(12)13/h2-4,9,14H,5-6H2,1H3. The van der Waals surface area contributed by atoms with Crippen LogP contribution < -0.4 is 4.90 Å². The second-order valence-electron chi connectivity index (χ2n) is 3.52. The van der Waals surface area contributed by atoms with Gasteiger partial charge >= 0.3 is 0 Å². The van der Waals surface area contributed by atoms with E-state index in [1.807, 2.05) is 19.1 Å². The first-order valence-electron chi connectivity index (χ1n) is 4.58. The van der Waals surface area contributed by atoms with Gasteiger partial charge in [0.1, 0.15) is 0 Å². The van der Waals surface area contributed by atoms with E-state index in [0.717, 1.165) is 11.4 Å². The molecule has 1 fully saturated rings. The minimum absolute atomic E-state index is 0.149. The Bertz CT molecular complexity index is 367. The van der Waals surface area contributed by atoms with Crippen LogP contribution in [-0.2, 0) is 4.79 Å². The van der Waals surface area contributed by atoms with Gasteiger partial charge < -0.3 is 4.90 Å². The SMILES string of the molecule is Cc1cc(N2CC(S)CC2=O)ccn1. The van der Waals surface area contributed by atoms with E-state index in [1.54, 1.807) is 11.1 Å². The molecular weight excluding hydrogens is 196 g/mol. The molecule has 1 saturated heterocycles. The van der Waals surface area contributed by atoms with Crippen molar-refractivity contribution in [2.45, 2.75) is 18.6 Å². The number of pyridine rings is 1. The highest BCUT2D eigenvalue weighted by atomic mass is 32.1. The Kier molecular flexibility index (Phi) is 2.46. The Labute approximate surface area is 88.5 Å². The summed E-state index contributed by atoms with van der Waals surface area (Å²) in [6, 6.07) is 3.78. The van der Waals surface area contributed by atoms with Gasteiger partial charge in [-0.05, 0) is 19.1 Å². The lowest BCUT2D eigenvalue weighted by Crippen LogP contribution is -2.24. The minimum atomic E-state index is 0.149. The molecule has 0 aliphatic carbocycles. The zero-order valence-electron chi connectivity index (χ0n) is 7.97. The summed E-state index contributed by atoms with van der Waals surface area (Å²) in [5.74, 6) is 0.149. The van der Waals surface area contributed by atoms with Crippen LogP contribution in [0, 0.1) is 6.92 Å². The Morgan fingerprint density at radius 2 is 2.43 bits per heavy atom. The van der Waals surface area contributed by atoms with E-state index in [-0.39, 0.29) is 11.2 Å². The predicted molar refractivity (Wildman–Crippen MR) is 58.7 cm³/mol. The lowest BCUT2D eigenvalue weighted by atomic mass is 10.3. The third-order valence-electron chi connectivity index (χ3n) is 2.30. The van der Waals surface area contributed by atoms with Crippen molar-refractivity contribution in [3.05, 3.63) is 24.0 Å². The molecule has 2 rings (SSSR count). The zero-order chi connectivity index (χ0) is 10.1. The number of thiol groups is 1. The molecule has 2 heterocycles. The molecule has 1 aliphatic rings. The molecule has 0 spiro atoms. The third kappa shape index (κ3) is 1.75. The number of amides is 1. The largest absolute Gasteiger partial charge is 0.311 e. The fourth-order valence-corrected chi connectivity index (χ4v) is 1.96. The van der Waals surface area contributed by atoms with Crippen molar-refractivity contribution < 1.29 is 4.79 Å². The average molecular weight is 208 g/mol. The van der Waals surface area contributed by atoms with Crippen molar-refractivity contribution >= 4 is 24.2 Å². The highest BCUT2D eigenvalue weighted by Crippen LogP contribution is 2.23.